The van der Waals surface area contributed by atoms with Crippen molar-refractivity contribution >= 4 is 28.3 Å². The summed E-state index contributed by atoms with van der Waals surface area (Å²) >= 11 is 0. The summed E-state index contributed by atoms with van der Waals surface area (Å²) in [5, 5.41) is 18.7. The van der Waals surface area contributed by atoms with Crippen LogP contribution in [0.25, 0.3) is 22.0 Å². The molecule has 0 spiro atoms. The average molecular weight is 482 g/mol. The van der Waals surface area contributed by atoms with Crippen molar-refractivity contribution in [3.8, 4) is 11.3 Å². The van der Waals surface area contributed by atoms with Gasteiger partial charge < -0.3 is 16.0 Å². The first-order valence-corrected chi connectivity index (χ1v) is 12.5. The van der Waals surface area contributed by atoms with Crippen LogP contribution in [0, 0.1) is 6.92 Å². The van der Waals surface area contributed by atoms with Crippen LogP contribution in [0.2, 0.25) is 0 Å². The van der Waals surface area contributed by atoms with E-state index >= 15 is 0 Å². The molecule has 0 saturated carbocycles. The van der Waals surface area contributed by atoms with Crippen LogP contribution in [0.1, 0.15) is 53.7 Å². The van der Waals surface area contributed by atoms with E-state index in [2.05, 4.69) is 50.4 Å². The first kappa shape index (κ1) is 23.8. The maximum Gasteiger partial charge on any atom is 0.252 e. The Morgan fingerprint density at radius 3 is 2.69 bits per heavy atom. The lowest BCUT2D eigenvalue weighted by Crippen LogP contribution is -2.43. The molecule has 2 amide bonds. The highest BCUT2D eigenvalue weighted by atomic mass is 16.2. The molecule has 1 saturated heterocycles. The molecule has 7 nitrogen and oxygen atoms in total. The predicted molar refractivity (Wildman–Crippen MR) is 143 cm³/mol. The van der Waals surface area contributed by atoms with Crippen molar-refractivity contribution in [2.24, 2.45) is 0 Å². The summed E-state index contributed by atoms with van der Waals surface area (Å²) in [4.78, 5) is 26.1. The lowest BCUT2D eigenvalue weighted by atomic mass is 9.95. The molecule has 3 aromatic carbocycles. The SMILES string of the molecule is Cc1ccc(NC(=O)C2CCCCN2)cc1C(=O)NC(C)c1cc(-c2ccn[nH]2)cc2ccccc12. The molecule has 2 atom stereocenters. The van der Waals surface area contributed by atoms with E-state index < -0.39 is 0 Å². The number of H-pyrrole nitrogens is 1. The average Bonchev–Trinajstić information content (AvgIpc) is 3.45. The molecule has 184 valence electrons. The van der Waals surface area contributed by atoms with Gasteiger partial charge in [-0.05, 0) is 85.5 Å². The smallest absolute Gasteiger partial charge is 0.252 e. The van der Waals surface area contributed by atoms with E-state index in [0.717, 1.165) is 59.0 Å². The number of piperidine rings is 1. The summed E-state index contributed by atoms with van der Waals surface area (Å²) in [6, 6.07) is 19.4. The number of carbonyl (C=O) groups excluding carboxylic acids is 2. The number of nitrogens with one attached hydrogen (secondary N) is 4. The van der Waals surface area contributed by atoms with E-state index in [1.165, 1.54) is 0 Å². The van der Waals surface area contributed by atoms with Gasteiger partial charge in [0.05, 0.1) is 17.8 Å². The zero-order chi connectivity index (χ0) is 25.1. The molecular weight excluding hydrogens is 450 g/mol. The van der Waals surface area contributed by atoms with Crippen LogP contribution in [0.5, 0.6) is 0 Å². The van der Waals surface area contributed by atoms with E-state index in [0.29, 0.717) is 11.3 Å². The number of fused-ring (bicyclic) bond motifs is 1. The van der Waals surface area contributed by atoms with Crippen molar-refractivity contribution in [1.29, 1.82) is 0 Å². The van der Waals surface area contributed by atoms with Crippen molar-refractivity contribution in [3.63, 3.8) is 0 Å². The molecule has 1 aliphatic heterocycles. The van der Waals surface area contributed by atoms with Crippen molar-refractivity contribution < 1.29 is 9.59 Å². The summed E-state index contributed by atoms with van der Waals surface area (Å²) in [5.74, 6) is -0.233. The van der Waals surface area contributed by atoms with Crippen LogP contribution in [-0.4, -0.2) is 34.6 Å². The molecule has 5 rings (SSSR count). The standard InChI is InChI=1S/C29H31N5O2/c1-18-10-11-22(33-29(36)27-9-5-6-13-30-27)17-24(18)28(35)32-19(2)25-16-21(26-12-14-31-34-26)15-20-7-3-4-8-23(20)25/h3-4,7-8,10-12,14-17,19,27,30H,5-6,9,13H2,1-2H3,(H,31,34)(H,32,35)(H,33,36). The summed E-state index contributed by atoms with van der Waals surface area (Å²) in [7, 11) is 0. The Morgan fingerprint density at radius 1 is 1.06 bits per heavy atom. The molecule has 1 aromatic heterocycles. The molecule has 0 aliphatic carbocycles. The minimum Gasteiger partial charge on any atom is -0.345 e. The lowest BCUT2D eigenvalue weighted by Gasteiger charge is -2.23. The fraction of sp³-hybridized carbons (Fsp3) is 0.276. The molecule has 0 radical (unpaired) electrons. The number of nitrogens with zero attached hydrogens (tertiary/aromatic N) is 1. The Hall–Kier alpha value is -3.97. The molecule has 1 fully saturated rings. The van der Waals surface area contributed by atoms with Gasteiger partial charge in [-0.25, -0.2) is 0 Å². The second-order valence-corrected chi connectivity index (χ2v) is 9.47. The third kappa shape index (κ3) is 5.02. The van der Waals surface area contributed by atoms with Crippen molar-refractivity contribution in [3.05, 3.63) is 83.6 Å². The Morgan fingerprint density at radius 2 is 1.92 bits per heavy atom. The fourth-order valence-electron chi connectivity index (χ4n) is 4.87. The van der Waals surface area contributed by atoms with Crippen LogP contribution in [0.3, 0.4) is 0 Å². The maximum atomic E-state index is 13.4. The molecule has 1 aliphatic rings. The molecule has 4 aromatic rings. The molecule has 7 heteroatoms. The van der Waals surface area contributed by atoms with E-state index in [1.807, 2.05) is 44.2 Å². The van der Waals surface area contributed by atoms with Crippen LogP contribution < -0.4 is 16.0 Å². The topological polar surface area (TPSA) is 98.9 Å². The third-order valence-electron chi connectivity index (χ3n) is 6.90. The van der Waals surface area contributed by atoms with E-state index in [4.69, 9.17) is 0 Å². The number of anilines is 1. The van der Waals surface area contributed by atoms with Gasteiger partial charge in [-0.2, -0.15) is 5.10 Å². The van der Waals surface area contributed by atoms with E-state index in [9.17, 15) is 9.59 Å². The first-order chi connectivity index (χ1) is 17.5. The molecular formula is C29H31N5O2. The summed E-state index contributed by atoms with van der Waals surface area (Å²) in [6.07, 6.45) is 4.69. The van der Waals surface area contributed by atoms with Crippen LogP contribution in [0.15, 0.2) is 66.9 Å². The molecule has 0 bridgehead atoms. The zero-order valence-electron chi connectivity index (χ0n) is 20.6. The van der Waals surface area contributed by atoms with Crippen molar-refractivity contribution in [2.45, 2.75) is 45.2 Å². The fourth-order valence-corrected chi connectivity index (χ4v) is 4.87. The van der Waals surface area contributed by atoms with Gasteiger partial charge in [0.1, 0.15) is 0 Å². The second kappa shape index (κ2) is 10.3. The summed E-state index contributed by atoms with van der Waals surface area (Å²) in [5.41, 5.74) is 4.99. The van der Waals surface area contributed by atoms with Gasteiger partial charge in [0.15, 0.2) is 0 Å². The maximum absolute atomic E-state index is 13.4. The second-order valence-electron chi connectivity index (χ2n) is 9.47. The number of amides is 2. The molecule has 2 heterocycles. The Balaban J connectivity index is 1.38. The zero-order valence-corrected chi connectivity index (χ0v) is 20.6. The third-order valence-corrected chi connectivity index (χ3v) is 6.90. The largest absolute Gasteiger partial charge is 0.345 e. The Labute approximate surface area is 210 Å². The van der Waals surface area contributed by atoms with Gasteiger partial charge in [-0.1, -0.05) is 36.8 Å². The quantitative estimate of drug-likeness (QED) is 0.308. The van der Waals surface area contributed by atoms with Crippen molar-refractivity contribution in [1.82, 2.24) is 20.8 Å². The van der Waals surface area contributed by atoms with Crippen LogP contribution in [-0.2, 0) is 4.79 Å². The highest BCUT2D eigenvalue weighted by Crippen LogP contribution is 2.31. The molecule has 4 N–H and O–H groups in total. The number of rotatable bonds is 6. The van der Waals surface area contributed by atoms with Crippen LogP contribution in [0.4, 0.5) is 5.69 Å². The molecule has 2 unspecified atom stereocenters. The molecule has 36 heavy (non-hydrogen) atoms. The Kier molecular flexibility index (Phi) is 6.82. The minimum atomic E-state index is -0.241. The van der Waals surface area contributed by atoms with Gasteiger partial charge in [0, 0.05) is 23.0 Å². The predicted octanol–water partition coefficient (Wildman–Crippen LogP) is 5.11. The number of aryl methyl sites for hydroxylation is 1. The Bertz CT molecular complexity index is 1390. The van der Waals surface area contributed by atoms with E-state index in [-0.39, 0.29) is 23.9 Å². The van der Waals surface area contributed by atoms with Gasteiger partial charge >= 0.3 is 0 Å². The number of hydrogen-bond donors (Lipinski definition) is 4. The van der Waals surface area contributed by atoms with E-state index in [1.54, 1.807) is 12.3 Å². The minimum absolute atomic E-state index is 0.0552. The summed E-state index contributed by atoms with van der Waals surface area (Å²) in [6.45, 7) is 4.75. The highest BCUT2D eigenvalue weighted by molar-refractivity contribution is 6.00. The van der Waals surface area contributed by atoms with Gasteiger partial charge in [0.2, 0.25) is 5.91 Å². The van der Waals surface area contributed by atoms with Gasteiger partial charge in [-0.3, -0.25) is 14.7 Å². The van der Waals surface area contributed by atoms with Crippen LogP contribution >= 0.6 is 0 Å². The highest BCUT2D eigenvalue weighted by Gasteiger charge is 2.22. The van der Waals surface area contributed by atoms with Gasteiger partial charge in [-0.15, -0.1) is 0 Å². The number of hydrogen-bond acceptors (Lipinski definition) is 4. The first-order valence-electron chi connectivity index (χ1n) is 12.5. The normalized spacial score (nSPS) is 16.4. The van der Waals surface area contributed by atoms with Gasteiger partial charge in [0.25, 0.3) is 5.91 Å². The lowest BCUT2D eigenvalue weighted by molar-refractivity contribution is -0.118. The van der Waals surface area contributed by atoms with Crippen molar-refractivity contribution in [2.75, 3.05) is 11.9 Å². The number of benzene rings is 3. The number of carbonyl (C=O) groups is 2. The number of aromatic amines is 1. The summed E-state index contributed by atoms with van der Waals surface area (Å²) < 4.78 is 0. The number of aromatic nitrogens is 2. The monoisotopic (exact) mass is 481 g/mol.